The minimum Gasteiger partial charge on any atom is -0.381 e. The Hall–Kier alpha value is -1.08. The van der Waals surface area contributed by atoms with E-state index in [1.54, 1.807) is 0 Å². The van der Waals surface area contributed by atoms with Crippen molar-refractivity contribution >= 4 is 0 Å². The van der Waals surface area contributed by atoms with Crippen molar-refractivity contribution in [2.45, 2.75) is 52.1 Å². The van der Waals surface area contributed by atoms with Crippen LogP contribution < -0.4 is 0 Å². The molecule has 1 nitrogen and oxygen atoms in total. The summed E-state index contributed by atoms with van der Waals surface area (Å²) in [6.07, 6.45) is 6.81. The predicted molar refractivity (Wildman–Crippen MR) is 72.0 cm³/mol. The van der Waals surface area contributed by atoms with E-state index in [4.69, 9.17) is 0 Å². The van der Waals surface area contributed by atoms with Gasteiger partial charge in [-0.1, -0.05) is 24.3 Å². The van der Waals surface area contributed by atoms with E-state index in [1.165, 1.54) is 29.5 Å². The second kappa shape index (κ2) is 4.66. The smallest absolute Gasteiger partial charge is 0.108 e. The highest BCUT2D eigenvalue weighted by atomic mass is 16.3. The van der Waals surface area contributed by atoms with Crippen molar-refractivity contribution in [2.24, 2.45) is 0 Å². The van der Waals surface area contributed by atoms with E-state index in [0.717, 1.165) is 18.4 Å². The number of hydrogen-bond donors (Lipinski definition) is 1. The monoisotopic (exact) mass is 230 g/mol. The Bertz CT molecular complexity index is 441. The number of hydrogen-bond acceptors (Lipinski definition) is 1. The lowest BCUT2D eigenvalue weighted by molar-refractivity contribution is 0.0914. The molecule has 1 aromatic carbocycles. The summed E-state index contributed by atoms with van der Waals surface area (Å²) >= 11 is 0. The van der Waals surface area contributed by atoms with Gasteiger partial charge in [-0.2, -0.15) is 0 Å². The largest absolute Gasteiger partial charge is 0.381 e. The van der Waals surface area contributed by atoms with Gasteiger partial charge in [0.15, 0.2) is 0 Å². The van der Waals surface area contributed by atoms with Gasteiger partial charge in [-0.3, -0.25) is 0 Å². The molecule has 1 aliphatic rings. The van der Waals surface area contributed by atoms with Crippen LogP contribution in [-0.2, 0) is 5.60 Å². The van der Waals surface area contributed by atoms with E-state index in [1.807, 2.05) is 6.92 Å². The van der Waals surface area contributed by atoms with Gasteiger partial charge >= 0.3 is 0 Å². The summed E-state index contributed by atoms with van der Waals surface area (Å²) < 4.78 is 0. The first-order valence-electron chi connectivity index (χ1n) is 6.51. The van der Waals surface area contributed by atoms with Gasteiger partial charge in [0.25, 0.3) is 0 Å². The lowest BCUT2D eigenvalue weighted by Crippen LogP contribution is -2.25. The third kappa shape index (κ3) is 2.44. The molecule has 0 spiro atoms. The Balaban J connectivity index is 2.36. The lowest BCUT2D eigenvalue weighted by atomic mass is 9.81. The lowest BCUT2D eigenvalue weighted by Gasteiger charge is -2.30. The molecule has 1 N–H and O–H groups in total. The fourth-order valence-electron chi connectivity index (χ4n) is 2.51. The van der Waals surface area contributed by atoms with Crippen molar-refractivity contribution in [3.63, 3.8) is 0 Å². The van der Waals surface area contributed by atoms with Crippen molar-refractivity contribution in [2.75, 3.05) is 0 Å². The van der Waals surface area contributed by atoms with Gasteiger partial charge in [0.05, 0.1) is 0 Å². The van der Waals surface area contributed by atoms with Crippen molar-refractivity contribution in [1.29, 1.82) is 0 Å². The van der Waals surface area contributed by atoms with Crippen LogP contribution in [0.3, 0.4) is 0 Å². The molecule has 1 aliphatic carbocycles. The molecule has 1 atom stereocenters. The maximum atomic E-state index is 10.8. The van der Waals surface area contributed by atoms with Gasteiger partial charge in [0.2, 0.25) is 0 Å². The summed E-state index contributed by atoms with van der Waals surface area (Å²) in [7, 11) is 0. The maximum Gasteiger partial charge on any atom is 0.108 e. The Morgan fingerprint density at radius 3 is 2.47 bits per heavy atom. The van der Waals surface area contributed by atoms with Gasteiger partial charge in [0, 0.05) is 0 Å². The number of aliphatic hydroxyl groups is 1. The van der Waals surface area contributed by atoms with Gasteiger partial charge in [-0.05, 0) is 68.7 Å². The minimum absolute atomic E-state index is 0.793. The molecule has 0 aliphatic heterocycles. The van der Waals surface area contributed by atoms with Crippen LogP contribution in [0.15, 0.2) is 29.8 Å². The highest BCUT2D eigenvalue weighted by Crippen LogP contribution is 2.35. The molecule has 1 heteroatoms. The first kappa shape index (κ1) is 12.4. The number of aryl methyl sites for hydroxylation is 2. The molecule has 0 amide bonds. The van der Waals surface area contributed by atoms with E-state index < -0.39 is 5.60 Å². The molecule has 17 heavy (non-hydrogen) atoms. The van der Waals surface area contributed by atoms with Crippen LogP contribution in [0, 0.1) is 13.8 Å². The van der Waals surface area contributed by atoms with Crippen molar-refractivity contribution in [1.82, 2.24) is 0 Å². The predicted octanol–water partition coefficient (Wildman–Crippen LogP) is 4.01. The molecule has 0 bridgehead atoms. The third-order valence-electron chi connectivity index (χ3n) is 3.99. The number of benzene rings is 1. The topological polar surface area (TPSA) is 20.2 Å². The third-order valence-corrected chi connectivity index (χ3v) is 3.99. The Morgan fingerprint density at radius 2 is 1.88 bits per heavy atom. The Kier molecular flexibility index (Phi) is 3.39. The zero-order valence-corrected chi connectivity index (χ0v) is 11.1. The van der Waals surface area contributed by atoms with Gasteiger partial charge in [-0.15, -0.1) is 0 Å². The summed E-state index contributed by atoms with van der Waals surface area (Å²) in [5, 5.41) is 10.8. The molecule has 1 aromatic rings. The van der Waals surface area contributed by atoms with Crippen LogP contribution in [-0.4, -0.2) is 5.11 Å². The fraction of sp³-hybridized carbons (Fsp3) is 0.500. The summed E-state index contributed by atoms with van der Waals surface area (Å²) in [5.74, 6) is 0. The molecule has 92 valence electrons. The normalized spacial score (nSPS) is 19.6. The SMILES string of the molecule is Cc1ccc(C(C)(O)C2=CCCCC2)cc1C. The average Bonchev–Trinajstić information content (AvgIpc) is 2.33. The first-order valence-corrected chi connectivity index (χ1v) is 6.51. The molecule has 0 aromatic heterocycles. The fourth-order valence-corrected chi connectivity index (χ4v) is 2.51. The van der Waals surface area contributed by atoms with E-state index in [2.05, 4.69) is 38.1 Å². The molecule has 0 heterocycles. The average molecular weight is 230 g/mol. The van der Waals surface area contributed by atoms with Crippen LogP contribution >= 0.6 is 0 Å². The molecule has 0 radical (unpaired) electrons. The van der Waals surface area contributed by atoms with Crippen LogP contribution in [0.4, 0.5) is 0 Å². The van der Waals surface area contributed by atoms with Gasteiger partial charge in [-0.25, -0.2) is 0 Å². The Labute approximate surface area is 104 Å². The number of rotatable bonds is 2. The molecule has 0 fully saturated rings. The molecule has 2 rings (SSSR count). The highest BCUT2D eigenvalue weighted by molar-refractivity contribution is 5.38. The van der Waals surface area contributed by atoms with Gasteiger partial charge < -0.3 is 5.11 Å². The highest BCUT2D eigenvalue weighted by Gasteiger charge is 2.28. The zero-order chi connectivity index (χ0) is 12.5. The van der Waals surface area contributed by atoms with Crippen molar-refractivity contribution in [3.8, 4) is 0 Å². The number of allylic oxidation sites excluding steroid dienone is 1. The quantitative estimate of drug-likeness (QED) is 0.761. The molecular weight excluding hydrogens is 208 g/mol. The maximum absolute atomic E-state index is 10.8. The van der Waals surface area contributed by atoms with E-state index in [0.29, 0.717) is 0 Å². The second-order valence-electron chi connectivity index (χ2n) is 5.35. The zero-order valence-electron chi connectivity index (χ0n) is 11.1. The van der Waals surface area contributed by atoms with Crippen molar-refractivity contribution in [3.05, 3.63) is 46.5 Å². The molecule has 0 saturated heterocycles. The van der Waals surface area contributed by atoms with Gasteiger partial charge in [0.1, 0.15) is 5.60 Å². The standard InChI is InChI=1S/C16H22O/c1-12-9-10-15(11-13(12)2)16(3,17)14-7-5-4-6-8-14/h7,9-11,17H,4-6,8H2,1-3H3. The van der Waals surface area contributed by atoms with Crippen LogP contribution in [0.25, 0.3) is 0 Å². The molecular formula is C16H22O. The van der Waals surface area contributed by atoms with E-state index >= 15 is 0 Å². The summed E-state index contributed by atoms with van der Waals surface area (Å²) in [6.45, 7) is 6.13. The second-order valence-corrected chi connectivity index (χ2v) is 5.35. The van der Waals surface area contributed by atoms with Crippen LogP contribution in [0.1, 0.15) is 49.3 Å². The summed E-state index contributed by atoms with van der Waals surface area (Å²) in [4.78, 5) is 0. The van der Waals surface area contributed by atoms with Crippen molar-refractivity contribution < 1.29 is 5.11 Å². The first-order chi connectivity index (χ1) is 8.01. The molecule has 1 unspecified atom stereocenters. The van der Waals surface area contributed by atoms with E-state index in [9.17, 15) is 5.11 Å². The molecule has 0 saturated carbocycles. The van der Waals surface area contributed by atoms with Crippen LogP contribution in [0.5, 0.6) is 0 Å². The summed E-state index contributed by atoms with van der Waals surface area (Å²) in [6, 6.07) is 6.27. The van der Waals surface area contributed by atoms with Crippen LogP contribution in [0.2, 0.25) is 0 Å². The van der Waals surface area contributed by atoms with E-state index in [-0.39, 0.29) is 0 Å². The minimum atomic E-state index is -0.793. The summed E-state index contributed by atoms with van der Waals surface area (Å²) in [5.41, 5.74) is 3.95. The Morgan fingerprint density at radius 1 is 1.12 bits per heavy atom.